The number of nitrogens with one attached hydrogen (secondary N) is 2. The number of para-hydroxylation sites is 1. The van der Waals surface area contributed by atoms with E-state index in [-0.39, 0.29) is 36.4 Å². The molecule has 2 N–H and O–H groups in total. The molecule has 1 amide bonds. The van der Waals surface area contributed by atoms with Crippen LogP contribution in [0.2, 0.25) is 5.02 Å². The lowest BCUT2D eigenvalue weighted by Crippen LogP contribution is -2.28. The third-order valence-electron chi connectivity index (χ3n) is 5.58. The molecular weight excluding hydrogens is 457 g/mol. The highest BCUT2D eigenvalue weighted by molar-refractivity contribution is 6.30. The van der Waals surface area contributed by atoms with Crippen molar-refractivity contribution in [3.63, 3.8) is 0 Å². The second kappa shape index (κ2) is 9.52. The van der Waals surface area contributed by atoms with Crippen LogP contribution in [-0.2, 0) is 4.79 Å². The molecule has 0 aliphatic carbocycles. The van der Waals surface area contributed by atoms with Gasteiger partial charge in [0, 0.05) is 5.02 Å². The number of fused-ring (bicyclic) bond motifs is 1. The first-order chi connectivity index (χ1) is 16.5. The summed E-state index contributed by atoms with van der Waals surface area (Å²) in [6, 6.07) is 22.7. The zero-order valence-corrected chi connectivity index (χ0v) is 18.7. The van der Waals surface area contributed by atoms with Gasteiger partial charge in [-0.2, -0.15) is 4.98 Å². The van der Waals surface area contributed by atoms with Crippen LogP contribution < -0.4 is 15.4 Å². The summed E-state index contributed by atoms with van der Waals surface area (Å²) in [5.74, 6) is 0.572. The first-order valence-electron chi connectivity index (χ1n) is 10.8. The van der Waals surface area contributed by atoms with Crippen LogP contribution >= 0.6 is 11.6 Å². The Bertz CT molecular complexity index is 1280. The average Bonchev–Trinajstić information content (AvgIpc) is 3.26. The van der Waals surface area contributed by atoms with Gasteiger partial charge in [0.1, 0.15) is 11.6 Å². The van der Waals surface area contributed by atoms with E-state index in [0.717, 1.165) is 11.1 Å². The number of ether oxygens (including phenoxy) is 1. The molecule has 172 valence electrons. The van der Waals surface area contributed by atoms with E-state index in [1.807, 2.05) is 42.5 Å². The van der Waals surface area contributed by atoms with Crippen molar-refractivity contribution in [3.8, 4) is 5.75 Å². The molecule has 0 saturated heterocycles. The summed E-state index contributed by atoms with van der Waals surface area (Å²) in [6.07, 6.45) is 0.647. The van der Waals surface area contributed by atoms with E-state index in [2.05, 4.69) is 20.7 Å². The maximum Gasteiger partial charge on any atom is 0.264 e. The Labute approximate surface area is 200 Å². The zero-order chi connectivity index (χ0) is 23.5. The van der Waals surface area contributed by atoms with Crippen LogP contribution in [-0.4, -0.2) is 27.3 Å². The number of nitrogens with zero attached hydrogens (tertiary/aromatic N) is 3. The number of rotatable bonds is 6. The second-order valence-corrected chi connectivity index (χ2v) is 8.34. The number of carbonyl (C=O) groups is 1. The van der Waals surface area contributed by atoms with E-state index in [1.54, 1.807) is 28.9 Å². The molecule has 5 rings (SSSR count). The van der Waals surface area contributed by atoms with Crippen molar-refractivity contribution in [1.82, 2.24) is 14.8 Å². The maximum atomic E-state index is 13.6. The predicted octanol–water partition coefficient (Wildman–Crippen LogP) is 5.23. The Hall–Kier alpha value is -3.91. The van der Waals surface area contributed by atoms with Crippen molar-refractivity contribution < 1.29 is 13.9 Å². The van der Waals surface area contributed by atoms with Gasteiger partial charge in [0.15, 0.2) is 6.61 Å². The second-order valence-electron chi connectivity index (χ2n) is 7.91. The molecule has 3 aromatic carbocycles. The molecule has 0 unspecified atom stereocenters. The summed E-state index contributed by atoms with van der Waals surface area (Å²) in [5.41, 5.74) is 1.92. The van der Waals surface area contributed by atoms with Crippen molar-refractivity contribution in [2.75, 3.05) is 17.2 Å². The van der Waals surface area contributed by atoms with E-state index in [9.17, 15) is 9.18 Å². The summed E-state index contributed by atoms with van der Waals surface area (Å²) in [6.45, 7) is -0.171. The minimum atomic E-state index is -0.376. The molecule has 0 saturated carbocycles. The van der Waals surface area contributed by atoms with Crippen LogP contribution in [0.15, 0.2) is 78.9 Å². The number of hydrogen-bond acceptors (Lipinski definition) is 5. The van der Waals surface area contributed by atoms with Crippen LogP contribution in [0.3, 0.4) is 0 Å². The Balaban J connectivity index is 1.38. The highest BCUT2D eigenvalue weighted by Gasteiger charge is 2.31. The minimum absolute atomic E-state index is 0.0750. The molecule has 0 spiro atoms. The molecule has 2 atom stereocenters. The molecule has 34 heavy (non-hydrogen) atoms. The maximum absolute atomic E-state index is 13.6. The molecular formula is C25H21ClFN5O2. The van der Waals surface area contributed by atoms with Crippen molar-refractivity contribution in [2.45, 2.75) is 18.5 Å². The van der Waals surface area contributed by atoms with E-state index in [4.69, 9.17) is 16.3 Å². The van der Waals surface area contributed by atoms with Gasteiger partial charge in [-0.25, -0.2) is 9.07 Å². The highest BCUT2D eigenvalue weighted by atomic mass is 35.5. The van der Waals surface area contributed by atoms with Crippen molar-refractivity contribution in [3.05, 3.63) is 101 Å². The Morgan fingerprint density at radius 3 is 2.50 bits per heavy atom. The van der Waals surface area contributed by atoms with Gasteiger partial charge in [0.2, 0.25) is 5.95 Å². The molecule has 1 aromatic heterocycles. The van der Waals surface area contributed by atoms with Crippen molar-refractivity contribution in [1.29, 1.82) is 0 Å². The van der Waals surface area contributed by atoms with Gasteiger partial charge in [-0.15, -0.1) is 5.10 Å². The van der Waals surface area contributed by atoms with Gasteiger partial charge < -0.3 is 10.1 Å². The minimum Gasteiger partial charge on any atom is -0.484 e. The molecule has 7 nitrogen and oxygen atoms in total. The summed E-state index contributed by atoms with van der Waals surface area (Å²) >= 11 is 6.05. The monoisotopic (exact) mass is 477 g/mol. The quantitative estimate of drug-likeness (QED) is 0.397. The average molecular weight is 478 g/mol. The summed E-state index contributed by atoms with van der Waals surface area (Å²) < 4.78 is 20.8. The molecule has 0 radical (unpaired) electrons. The third kappa shape index (κ3) is 4.87. The van der Waals surface area contributed by atoms with E-state index in [0.29, 0.717) is 23.1 Å². The lowest BCUT2D eigenvalue weighted by Gasteiger charge is -2.31. The largest absolute Gasteiger partial charge is 0.484 e. The number of halogens is 2. The standard InChI is InChI=1S/C25H21ClFN5O2/c26-18-10-6-16(7-11-18)21-14-22(17-8-12-19(27)13-9-17)32-25(28-21)30-24(31-32)29-23(33)15-34-20-4-2-1-3-5-20/h1-13,21-22H,14-15H2,(H2,28,29,30,31,33)/t21-,22-/m1/s1. The van der Waals surface area contributed by atoms with Gasteiger partial charge in [0.25, 0.3) is 11.9 Å². The smallest absolute Gasteiger partial charge is 0.264 e. The van der Waals surface area contributed by atoms with Crippen LogP contribution in [0.1, 0.15) is 29.6 Å². The van der Waals surface area contributed by atoms with Crippen LogP contribution in [0.4, 0.5) is 16.3 Å². The highest BCUT2D eigenvalue weighted by Crippen LogP contribution is 2.38. The van der Waals surface area contributed by atoms with Crippen molar-refractivity contribution >= 4 is 29.4 Å². The van der Waals surface area contributed by atoms with E-state index >= 15 is 0 Å². The first kappa shape index (κ1) is 21.9. The van der Waals surface area contributed by atoms with Crippen LogP contribution in [0.25, 0.3) is 0 Å². The van der Waals surface area contributed by atoms with E-state index < -0.39 is 0 Å². The van der Waals surface area contributed by atoms with Gasteiger partial charge in [-0.3, -0.25) is 10.1 Å². The Kier molecular flexibility index (Phi) is 6.14. The Morgan fingerprint density at radius 1 is 1.06 bits per heavy atom. The molecule has 0 fully saturated rings. The molecule has 2 heterocycles. The molecule has 1 aliphatic heterocycles. The summed E-state index contributed by atoms with van der Waals surface area (Å²) in [5, 5.41) is 11.2. The molecule has 9 heteroatoms. The number of benzene rings is 3. The first-order valence-corrected chi connectivity index (χ1v) is 11.1. The molecule has 4 aromatic rings. The van der Waals surface area contributed by atoms with Crippen LogP contribution in [0.5, 0.6) is 5.75 Å². The number of hydrogen-bond donors (Lipinski definition) is 2. The SMILES string of the molecule is O=C(COc1ccccc1)Nc1nc2n(n1)[C@@H](c1ccc(F)cc1)C[C@H](c1ccc(Cl)cc1)N2. The fourth-order valence-corrected chi connectivity index (χ4v) is 4.06. The fourth-order valence-electron chi connectivity index (χ4n) is 3.93. The number of aromatic nitrogens is 3. The van der Waals surface area contributed by atoms with Gasteiger partial charge >= 0.3 is 0 Å². The normalized spacial score (nSPS) is 16.9. The topological polar surface area (TPSA) is 81.1 Å². The zero-order valence-electron chi connectivity index (χ0n) is 18.0. The summed E-state index contributed by atoms with van der Waals surface area (Å²) in [7, 11) is 0. The van der Waals surface area contributed by atoms with Crippen LogP contribution in [0, 0.1) is 5.82 Å². The molecule has 0 bridgehead atoms. The third-order valence-corrected chi connectivity index (χ3v) is 5.83. The Morgan fingerprint density at radius 2 is 1.76 bits per heavy atom. The fraction of sp³-hybridized carbons (Fsp3) is 0.160. The van der Waals surface area contributed by atoms with Gasteiger partial charge in [0.05, 0.1) is 12.1 Å². The number of anilines is 2. The molecule has 1 aliphatic rings. The number of amides is 1. The van der Waals surface area contributed by atoms with E-state index in [1.165, 1.54) is 12.1 Å². The van der Waals surface area contributed by atoms with Gasteiger partial charge in [-0.05, 0) is 53.9 Å². The summed E-state index contributed by atoms with van der Waals surface area (Å²) in [4.78, 5) is 16.9. The van der Waals surface area contributed by atoms with Crippen molar-refractivity contribution in [2.24, 2.45) is 0 Å². The predicted molar refractivity (Wildman–Crippen MR) is 128 cm³/mol. The number of carbonyl (C=O) groups excluding carboxylic acids is 1. The lowest BCUT2D eigenvalue weighted by atomic mass is 9.93. The van der Waals surface area contributed by atoms with Gasteiger partial charge in [-0.1, -0.05) is 54.1 Å². The lowest BCUT2D eigenvalue weighted by molar-refractivity contribution is -0.118.